The number of hydrogen-bond donors (Lipinski definition) is 3. The number of imidazole rings is 1. The number of piperazine rings is 1. The van der Waals surface area contributed by atoms with E-state index in [1.807, 2.05) is 18.2 Å². The van der Waals surface area contributed by atoms with Crippen LogP contribution in [0.2, 0.25) is 0 Å². The van der Waals surface area contributed by atoms with Crippen molar-refractivity contribution in [2.75, 3.05) is 44.6 Å². The highest BCUT2D eigenvalue weighted by Crippen LogP contribution is 2.27. The number of benzene rings is 2. The van der Waals surface area contributed by atoms with Crippen LogP contribution in [-0.4, -0.2) is 70.1 Å². The zero-order chi connectivity index (χ0) is 24.0. The molecule has 4 N–H and O–H groups in total. The number of pyridine rings is 1. The lowest BCUT2D eigenvalue weighted by molar-refractivity contribution is 0.130. The van der Waals surface area contributed by atoms with Crippen LogP contribution in [0.15, 0.2) is 66.9 Å². The second-order valence-corrected chi connectivity index (χ2v) is 8.62. The van der Waals surface area contributed by atoms with Gasteiger partial charge in [-0.1, -0.05) is 36.4 Å². The van der Waals surface area contributed by atoms with Crippen LogP contribution in [0.3, 0.4) is 0 Å². The average molecular weight is 472 g/mol. The molecule has 1 amide bonds. The number of para-hydroxylation sites is 1. The van der Waals surface area contributed by atoms with E-state index < -0.39 is 6.09 Å². The molecule has 1 aliphatic heterocycles. The Labute approximate surface area is 203 Å². The predicted octanol–water partition coefficient (Wildman–Crippen LogP) is 3.31. The number of carbonyl (C=O) groups excluding carboxylic acids is 1. The number of hydrogen-bond acceptors (Lipinski definition) is 7. The Hall–Kier alpha value is -3.95. The molecule has 0 saturated carbocycles. The molecule has 4 aromatic rings. The molecule has 2 aromatic carbocycles. The number of aromatic nitrogens is 3. The number of amides is 1. The Morgan fingerprint density at radius 3 is 2.54 bits per heavy atom. The van der Waals surface area contributed by atoms with Crippen molar-refractivity contribution in [1.29, 1.82) is 0 Å². The second-order valence-electron chi connectivity index (χ2n) is 8.62. The van der Waals surface area contributed by atoms with Crippen LogP contribution < -0.4 is 15.8 Å². The normalized spacial score (nSPS) is 14.7. The number of ether oxygens (including phenoxy) is 1. The largest absolute Gasteiger partial charge is 0.410 e. The van der Waals surface area contributed by atoms with Crippen LogP contribution in [0.5, 0.6) is 5.75 Å². The van der Waals surface area contributed by atoms with Gasteiger partial charge < -0.3 is 20.8 Å². The number of primary amides is 1. The molecule has 5 rings (SSSR count). The first-order valence-corrected chi connectivity index (χ1v) is 11.8. The highest BCUT2D eigenvalue weighted by molar-refractivity contribution is 5.87. The summed E-state index contributed by atoms with van der Waals surface area (Å²) < 4.78 is 5.05. The molecule has 0 aliphatic carbocycles. The number of carbonyl (C=O) groups is 1. The van der Waals surface area contributed by atoms with Crippen molar-refractivity contribution in [3.63, 3.8) is 0 Å². The molecule has 2 aromatic heterocycles. The van der Waals surface area contributed by atoms with Crippen molar-refractivity contribution in [2.24, 2.45) is 5.73 Å². The van der Waals surface area contributed by atoms with E-state index in [9.17, 15) is 4.79 Å². The maximum absolute atomic E-state index is 11.1. The Kier molecular flexibility index (Phi) is 6.87. The third kappa shape index (κ3) is 5.76. The van der Waals surface area contributed by atoms with Gasteiger partial charge in [0, 0.05) is 57.6 Å². The SMILES string of the molecule is NC(=O)Oc1cccc2[nH]c(-c3ccc(NCCN4CCN(Cc5ccccc5)CC4)nc3)nc12. The van der Waals surface area contributed by atoms with Crippen molar-refractivity contribution in [3.8, 4) is 17.1 Å². The van der Waals surface area contributed by atoms with E-state index in [-0.39, 0.29) is 0 Å². The minimum absolute atomic E-state index is 0.324. The maximum atomic E-state index is 11.1. The third-order valence-corrected chi connectivity index (χ3v) is 6.17. The summed E-state index contributed by atoms with van der Waals surface area (Å²) in [4.78, 5) is 28.5. The quantitative estimate of drug-likeness (QED) is 0.361. The molecular formula is C26H29N7O2. The van der Waals surface area contributed by atoms with E-state index in [1.165, 1.54) is 5.56 Å². The molecule has 9 nitrogen and oxygen atoms in total. The molecule has 1 aliphatic rings. The summed E-state index contributed by atoms with van der Waals surface area (Å²) in [6, 6.07) is 19.9. The van der Waals surface area contributed by atoms with Gasteiger partial charge in [-0.15, -0.1) is 0 Å². The van der Waals surface area contributed by atoms with Crippen molar-refractivity contribution >= 4 is 22.9 Å². The van der Waals surface area contributed by atoms with Crippen molar-refractivity contribution in [2.45, 2.75) is 6.54 Å². The summed E-state index contributed by atoms with van der Waals surface area (Å²) >= 11 is 0. The topological polar surface area (TPSA) is 112 Å². The lowest BCUT2D eigenvalue weighted by Gasteiger charge is -2.34. The van der Waals surface area contributed by atoms with Crippen molar-refractivity contribution < 1.29 is 9.53 Å². The fourth-order valence-corrected chi connectivity index (χ4v) is 4.33. The number of anilines is 1. The van der Waals surface area contributed by atoms with Gasteiger partial charge in [0.05, 0.1) is 5.52 Å². The molecule has 1 saturated heterocycles. The number of aromatic amines is 1. The number of nitrogens with one attached hydrogen (secondary N) is 2. The zero-order valence-electron chi connectivity index (χ0n) is 19.5. The van der Waals surface area contributed by atoms with E-state index in [0.717, 1.165) is 62.7 Å². The van der Waals surface area contributed by atoms with Gasteiger partial charge in [-0.3, -0.25) is 9.80 Å². The van der Waals surface area contributed by atoms with Crippen molar-refractivity contribution in [3.05, 3.63) is 72.4 Å². The standard InChI is InChI=1S/C26H29N7O2/c27-26(34)35-22-8-4-7-21-24(22)31-25(30-21)20-9-10-23(29-17-20)28-11-12-32-13-15-33(16-14-32)18-19-5-2-1-3-6-19/h1-10,17H,11-16,18H2,(H2,27,34)(H,28,29)(H,30,31). The van der Waals surface area contributed by atoms with Crippen LogP contribution in [0, 0.1) is 0 Å². The maximum Gasteiger partial charge on any atom is 0.410 e. The summed E-state index contributed by atoms with van der Waals surface area (Å²) in [7, 11) is 0. The van der Waals surface area contributed by atoms with Crippen LogP contribution in [0.1, 0.15) is 5.56 Å². The van der Waals surface area contributed by atoms with Gasteiger partial charge in [-0.25, -0.2) is 14.8 Å². The number of nitrogens with two attached hydrogens (primary N) is 1. The Bertz CT molecular complexity index is 1270. The van der Waals surface area contributed by atoms with Gasteiger partial charge >= 0.3 is 6.09 Å². The van der Waals surface area contributed by atoms with Crippen LogP contribution in [0.25, 0.3) is 22.4 Å². The monoisotopic (exact) mass is 471 g/mol. The molecule has 1 fully saturated rings. The molecule has 0 atom stereocenters. The first-order chi connectivity index (χ1) is 17.1. The summed E-state index contributed by atoms with van der Waals surface area (Å²) in [5.74, 6) is 1.79. The minimum atomic E-state index is -0.867. The molecule has 0 bridgehead atoms. The molecule has 0 radical (unpaired) electrons. The molecule has 180 valence electrons. The first-order valence-electron chi connectivity index (χ1n) is 11.8. The number of fused-ring (bicyclic) bond motifs is 1. The molecule has 0 unspecified atom stereocenters. The molecular weight excluding hydrogens is 442 g/mol. The smallest absolute Gasteiger partial charge is 0.408 e. The van der Waals surface area contributed by atoms with Crippen LogP contribution in [-0.2, 0) is 6.54 Å². The second kappa shape index (κ2) is 10.5. The zero-order valence-corrected chi connectivity index (χ0v) is 19.5. The third-order valence-electron chi connectivity index (χ3n) is 6.17. The summed E-state index contributed by atoms with van der Waals surface area (Å²) in [6.45, 7) is 7.17. The van der Waals surface area contributed by atoms with E-state index in [0.29, 0.717) is 17.1 Å². The van der Waals surface area contributed by atoms with E-state index in [4.69, 9.17) is 10.5 Å². The van der Waals surface area contributed by atoms with Crippen LogP contribution >= 0.6 is 0 Å². The lowest BCUT2D eigenvalue weighted by Crippen LogP contribution is -2.47. The number of nitrogens with zero attached hydrogens (tertiary/aromatic N) is 4. The fraction of sp³-hybridized carbons (Fsp3) is 0.269. The number of rotatable bonds is 8. The summed E-state index contributed by atoms with van der Waals surface area (Å²) in [6.07, 6.45) is 0.907. The first kappa shape index (κ1) is 22.8. The van der Waals surface area contributed by atoms with E-state index >= 15 is 0 Å². The predicted molar refractivity (Wildman–Crippen MR) is 136 cm³/mol. The average Bonchev–Trinajstić information content (AvgIpc) is 3.31. The molecule has 9 heteroatoms. The molecule has 35 heavy (non-hydrogen) atoms. The van der Waals surface area contributed by atoms with E-state index in [1.54, 1.807) is 18.3 Å². The Balaban J connectivity index is 1.11. The Morgan fingerprint density at radius 1 is 1.00 bits per heavy atom. The molecule has 0 spiro atoms. The number of H-pyrrole nitrogens is 1. The van der Waals surface area contributed by atoms with Gasteiger partial charge in [0.1, 0.15) is 17.2 Å². The summed E-state index contributed by atoms with van der Waals surface area (Å²) in [5.41, 5.74) is 8.67. The minimum Gasteiger partial charge on any atom is -0.408 e. The van der Waals surface area contributed by atoms with Gasteiger partial charge in [0.2, 0.25) is 0 Å². The highest BCUT2D eigenvalue weighted by atomic mass is 16.5. The van der Waals surface area contributed by atoms with Gasteiger partial charge in [-0.05, 0) is 29.8 Å². The Morgan fingerprint density at radius 2 is 1.80 bits per heavy atom. The van der Waals surface area contributed by atoms with Gasteiger partial charge in [0.25, 0.3) is 0 Å². The lowest BCUT2D eigenvalue weighted by atomic mass is 10.2. The molecule has 3 heterocycles. The highest BCUT2D eigenvalue weighted by Gasteiger charge is 2.16. The van der Waals surface area contributed by atoms with E-state index in [2.05, 4.69) is 60.4 Å². The van der Waals surface area contributed by atoms with Gasteiger partial charge in [-0.2, -0.15) is 0 Å². The fourth-order valence-electron chi connectivity index (χ4n) is 4.33. The van der Waals surface area contributed by atoms with Crippen molar-refractivity contribution in [1.82, 2.24) is 24.8 Å². The van der Waals surface area contributed by atoms with Crippen LogP contribution in [0.4, 0.5) is 10.6 Å². The summed E-state index contributed by atoms with van der Waals surface area (Å²) in [5, 5.41) is 3.41. The van der Waals surface area contributed by atoms with Gasteiger partial charge in [0.15, 0.2) is 5.75 Å².